The van der Waals surface area contributed by atoms with E-state index in [-0.39, 0.29) is 11.8 Å². The monoisotopic (exact) mass is 273 g/mol. The van der Waals surface area contributed by atoms with Gasteiger partial charge in [0.1, 0.15) is 5.75 Å². The third kappa shape index (κ3) is 3.00. The molecule has 1 atom stereocenters. The van der Waals surface area contributed by atoms with Gasteiger partial charge in [0.05, 0.1) is 0 Å². The number of phenolic OH excluding ortho intramolecular Hbond substituents is 1. The lowest BCUT2D eigenvalue weighted by Gasteiger charge is -2.32. The maximum atomic E-state index is 11.3. The molecule has 0 amide bonds. The lowest BCUT2D eigenvalue weighted by molar-refractivity contribution is 0.227. The third-order valence-electron chi connectivity index (χ3n) is 3.20. The van der Waals surface area contributed by atoms with Crippen molar-refractivity contribution in [2.45, 2.75) is 13.0 Å². The fourth-order valence-electron chi connectivity index (χ4n) is 2.10. The first-order valence-electron chi connectivity index (χ1n) is 5.65. The van der Waals surface area contributed by atoms with Crippen LogP contribution >= 0.6 is 11.6 Å². The van der Waals surface area contributed by atoms with E-state index in [0.29, 0.717) is 16.5 Å². The summed E-state index contributed by atoms with van der Waals surface area (Å²) in [6.07, 6.45) is 0. The number of phenols is 1. The van der Waals surface area contributed by atoms with Gasteiger partial charge >= 0.3 is 0 Å². The van der Waals surface area contributed by atoms with Crippen molar-refractivity contribution in [1.29, 1.82) is 0 Å². The van der Waals surface area contributed by atoms with Crippen LogP contribution in [0.5, 0.6) is 5.75 Å². The van der Waals surface area contributed by atoms with E-state index in [9.17, 15) is 9.32 Å². The molecule has 1 aliphatic heterocycles. The van der Waals surface area contributed by atoms with Crippen LogP contribution in [-0.4, -0.2) is 38.8 Å². The standard InChI is InChI=1S/C12H16ClNO2S/c1-9(14-4-6-17(16)7-5-14)11-8-10(13)2-3-12(11)15/h2-3,8-9,15H,4-7H2,1H3. The van der Waals surface area contributed by atoms with Crippen molar-refractivity contribution in [1.82, 2.24) is 4.90 Å². The number of nitrogens with zero attached hydrogens (tertiary/aromatic N) is 1. The van der Waals surface area contributed by atoms with Gasteiger partial charge in [0.15, 0.2) is 0 Å². The van der Waals surface area contributed by atoms with E-state index in [2.05, 4.69) is 4.90 Å². The summed E-state index contributed by atoms with van der Waals surface area (Å²) < 4.78 is 11.3. The van der Waals surface area contributed by atoms with Gasteiger partial charge in [-0.1, -0.05) is 11.6 Å². The summed E-state index contributed by atoms with van der Waals surface area (Å²) in [6.45, 7) is 3.65. The van der Waals surface area contributed by atoms with Crippen molar-refractivity contribution < 1.29 is 9.32 Å². The minimum Gasteiger partial charge on any atom is -0.508 e. The van der Waals surface area contributed by atoms with Crippen molar-refractivity contribution in [2.75, 3.05) is 24.6 Å². The lowest BCUT2D eigenvalue weighted by atomic mass is 10.1. The zero-order valence-electron chi connectivity index (χ0n) is 9.73. The zero-order chi connectivity index (χ0) is 12.4. The second-order valence-electron chi connectivity index (χ2n) is 4.26. The minimum atomic E-state index is -0.674. The van der Waals surface area contributed by atoms with E-state index >= 15 is 0 Å². The normalized spacial score (nSPS) is 20.4. The first-order valence-corrected chi connectivity index (χ1v) is 7.52. The first-order chi connectivity index (χ1) is 8.08. The van der Waals surface area contributed by atoms with Gasteiger partial charge in [-0.2, -0.15) is 0 Å². The Morgan fingerprint density at radius 1 is 1.41 bits per heavy atom. The second kappa shape index (κ2) is 5.38. The van der Waals surface area contributed by atoms with E-state index in [1.807, 2.05) is 6.92 Å². The fraction of sp³-hybridized carbons (Fsp3) is 0.500. The van der Waals surface area contributed by atoms with Crippen molar-refractivity contribution in [3.63, 3.8) is 0 Å². The molecule has 94 valence electrons. The smallest absolute Gasteiger partial charge is 0.120 e. The molecule has 0 aromatic heterocycles. The number of hydrogen-bond donors (Lipinski definition) is 1. The zero-order valence-corrected chi connectivity index (χ0v) is 11.3. The third-order valence-corrected chi connectivity index (χ3v) is 4.71. The topological polar surface area (TPSA) is 40.5 Å². The van der Waals surface area contributed by atoms with Crippen molar-refractivity contribution in [2.24, 2.45) is 0 Å². The molecule has 1 aliphatic rings. The van der Waals surface area contributed by atoms with Crippen LogP contribution < -0.4 is 0 Å². The molecule has 2 rings (SSSR count). The highest BCUT2D eigenvalue weighted by Crippen LogP contribution is 2.31. The van der Waals surface area contributed by atoms with Gasteiger partial charge in [-0.15, -0.1) is 0 Å². The molecule has 1 saturated heterocycles. The van der Waals surface area contributed by atoms with E-state index in [0.717, 1.165) is 18.7 Å². The Hall–Kier alpha value is -0.580. The van der Waals surface area contributed by atoms with E-state index in [4.69, 9.17) is 11.6 Å². The Morgan fingerprint density at radius 2 is 2.06 bits per heavy atom. The van der Waals surface area contributed by atoms with Crippen LogP contribution in [0.25, 0.3) is 0 Å². The van der Waals surface area contributed by atoms with E-state index < -0.39 is 10.8 Å². The van der Waals surface area contributed by atoms with Gasteiger partial charge in [-0.3, -0.25) is 9.11 Å². The van der Waals surface area contributed by atoms with Crippen LogP contribution in [0, 0.1) is 0 Å². The number of halogens is 1. The van der Waals surface area contributed by atoms with Crippen LogP contribution in [0.15, 0.2) is 18.2 Å². The lowest BCUT2D eigenvalue weighted by Crippen LogP contribution is -2.39. The molecule has 0 spiro atoms. The molecule has 1 aromatic rings. The van der Waals surface area contributed by atoms with E-state index in [1.165, 1.54) is 0 Å². The maximum Gasteiger partial charge on any atom is 0.120 e. The summed E-state index contributed by atoms with van der Waals surface area (Å²) in [5.74, 6) is 1.70. The Kier molecular flexibility index (Phi) is 4.07. The summed E-state index contributed by atoms with van der Waals surface area (Å²) in [4.78, 5) is 2.23. The predicted molar refractivity (Wildman–Crippen MR) is 71.0 cm³/mol. The molecular formula is C12H16ClNO2S. The average Bonchev–Trinajstić information content (AvgIpc) is 2.32. The Labute approximate surface area is 109 Å². The SMILES string of the molecule is CC(c1cc(Cl)ccc1O)N1CCS(=O)CC1. The Balaban J connectivity index is 2.16. The fourth-order valence-corrected chi connectivity index (χ4v) is 3.36. The average molecular weight is 274 g/mol. The molecule has 3 nitrogen and oxygen atoms in total. The molecule has 1 fully saturated rings. The molecule has 0 bridgehead atoms. The second-order valence-corrected chi connectivity index (χ2v) is 6.40. The summed E-state index contributed by atoms with van der Waals surface area (Å²) in [6, 6.07) is 5.20. The maximum absolute atomic E-state index is 11.3. The van der Waals surface area contributed by atoms with Crippen LogP contribution in [0.4, 0.5) is 0 Å². The Bertz CT molecular complexity index is 429. The summed E-state index contributed by atoms with van der Waals surface area (Å²) in [5, 5.41) is 10.5. The summed E-state index contributed by atoms with van der Waals surface area (Å²) >= 11 is 5.94. The van der Waals surface area contributed by atoms with Crippen LogP contribution in [0.2, 0.25) is 5.02 Å². The van der Waals surface area contributed by atoms with Crippen molar-refractivity contribution in [3.05, 3.63) is 28.8 Å². The minimum absolute atomic E-state index is 0.103. The molecule has 5 heteroatoms. The van der Waals surface area contributed by atoms with Gasteiger partial charge in [-0.05, 0) is 25.1 Å². The largest absolute Gasteiger partial charge is 0.508 e. The molecule has 1 aromatic carbocycles. The van der Waals surface area contributed by atoms with Gasteiger partial charge in [0.25, 0.3) is 0 Å². The Morgan fingerprint density at radius 3 is 2.71 bits per heavy atom. The van der Waals surface area contributed by atoms with Crippen molar-refractivity contribution in [3.8, 4) is 5.75 Å². The molecule has 1 heterocycles. The molecule has 0 radical (unpaired) electrons. The molecule has 1 unspecified atom stereocenters. The molecule has 0 saturated carbocycles. The van der Waals surface area contributed by atoms with Crippen LogP contribution in [0.1, 0.15) is 18.5 Å². The molecule has 1 N–H and O–H groups in total. The molecule has 17 heavy (non-hydrogen) atoms. The highest BCUT2D eigenvalue weighted by atomic mass is 35.5. The molecular weight excluding hydrogens is 258 g/mol. The van der Waals surface area contributed by atoms with Crippen molar-refractivity contribution >= 4 is 22.4 Å². The van der Waals surface area contributed by atoms with Gasteiger partial charge in [0.2, 0.25) is 0 Å². The first kappa shape index (κ1) is 12.9. The van der Waals surface area contributed by atoms with Crippen LogP contribution in [-0.2, 0) is 10.8 Å². The van der Waals surface area contributed by atoms with Crippen LogP contribution in [0.3, 0.4) is 0 Å². The number of hydrogen-bond acceptors (Lipinski definition) is 3. The highest BCUT2D eigenvalue weighted by Gasteiger charge is 2.23. The molecule has 0 aliphatic carbocycles. The van der Waals surface area contributed by atoms with Gasteiger partial charge < -0.3 is 5.11 Å². The highest BCUT2D eigenvalue weighted by molar-refractivity contribution is 7.85. The van der Waals surface area contributed by atoms with Gasteiger partial charge in [-0.25, -0.2) is 0 Å². The summed E-state index contributed by atoms with van der Waals surface area (Å²) in [7, 11) is -0.674. The van der Waals surface area contributed by atoms with Gasteiger partial charge in [0, 0.05) is 52.0 Å². The predicted octanol–water partition coefficient (Wildman–Crippen LogP) is 2.17. The number of rotatable bonds is 2. The van der Waals surface area contributed by atoms with E-state index in [1.54, 1.807) is 18.2 Å². The number of aromatic hydroxyl groups is 1. The summed E-state index contributed by atoms with van der Waals surface area (Å²) in [5.41, 5.74) is 0.838. The quantitative estimate of drug-likeness (QED) is 0.898. The number of benzene rings is 1.